The Morgan fingerprint density at radius 2 is 2.20 bits per heavy atom. The summed E-state index contributed by atoms with van der Waals surface area (Å²) in [5.74, 6) is 4.87. The van der Waals surface area contributed by atoms with E-state index in [4.69, 9.17) is 10.3 Å². The first-order valence-corrected chi connectivity index (χ1v) is 5.92. The summed E-state index contributed by atoms with van der Waals surface area (Å²) in [6, 6.07) is 10.8. The first kappa shape index (κ1) is 13.5. The number of hydrogen-bond donors (Lipinski definition) is 2. The number of hydrazone groups is 2. The van der Waals surface area contributed by atoms with E-state index in [1.165, 1.54) is 12.5 Å². The molecular formula is C14H14N4O2. The van der Waals surface area contributed by atoms with Gasteiger partial charge in [0, 0.05) is 0 Å². The molecule has 0 fully saturated rings. The van der Waals surface area contributed by atoms with Crippen molar-refractivity contribution in [2.24, 2.45) is 16.0 Å². The van der Waals surface area contributed by atoms with E-state index >= 15 is 0 Å². The molecule has 2 rings (SSSR count). The van der Waals surface area contributed by atoms with Gasteiger partial charge in [0.15, 0.2) is 11.5 Å². The van der Waals surface area contributed by atoms with Crippen molar-refractivity contribution >= 4 is 23.4 Å². The molecule has 6 heteroatoms. The molecule has 0 aliphatic carbocycles. The Kier molecular flexibility index (Phi) is 4.28. The van der Waals surface area contributed by atoms with Gasteiger partial charge in [-0.05, 0) is 36.8 Å². The van der Waals surface area contributed by atoms with Crippen molar-refractivity contribution in [2.45, 2.75) is 6.92 Å². The maximum Gasteiger partial charge on any atom is 0.249 e. The number of nitrogens with one attached hydrogen (secondary N) is 1. The van der Waals surface area contributed by atoms with Gasteiger partial charge in [-0.15, -0.1) is 0 Å². The summed E-state index contributed by atoms with van der Waals surface area (Å²) in [6.45, 7) is 1.96. The largest absolute Gasteiger partial charge is 0.461 e. The second-order valence-electron chi connectivity index (χ2n) is 4.06. The molecule has 0 amide bonds. The smallest absolute Gasteiger partial charge is 0.249 e. The second kappa shape index (κ2) is 6.33. The molecule has 0 aliphatic heterocycles. The van der Waals surface area contributed by atoms with E-state index in [0.29, 0.717) is 0 Å². The summed E-state index contributed by atoms with van der Waals surface area (Å²) in [5, 5.41) is 7.35. The average molecular weight is 270 g/mol. The van der Waals surface area contributed by atoms with Crippen LogP contribution >= 0.6 is 0 Å². The maximum atomic E-state index is 12.1. The fourth-order valence-electron chi connectivity index (χ4n) is 1.58. The molecule has 0 saturated heterocycles. The Bertz CT molecular complexity index is 645. The number of hydrogen-bond acceptors (Lipinski definition) is 6. The van der Waals surface area contributed by atoms with Gasteiger partial charge in [0.2, 0.25) is 5.78 Å². The number of furan rings is 1. The zero-order valence-corrected chi connectivity index (χ0v) is 10.9. The van der Waals surface area contributed by atoms with Gasteiger partial charge < -0.3 is 10.3 Å². The monoisotopic (exact) mass is 270 g/mol. The number of ketones is 1. The third-order valence-corrected chi connectivity index (χ3v) is 2.50. The molecule has 0 aliphatic rings. The SMILES string of the molecule is Cc1cccc(N/N=C(/C=N/N)C(=O)c2ccco2)c1. The van der Waals surface area contributed by atoms with Crippen LogP contribution in [0.25, 0.3) is 0 Å². The topological polar surface area (TPSA) is 93.0 Å². The molecule has 0 spiro atoms. The Balaban J connectivity index is 2.20. The molecular weight excluding hydrogens is 256 g/mol. The Morgan fingerprint density at radius 1 is 1.35 bits per heavy atom. The van der Waals surface area contributed by atoms with E-state index in [1.807, 2.05) is 31.2 Å². The number of Topliss-reactive ketones (excluding diaryl/α,β-unsaturated/α-hetero) is 1. The van der Waals surface area contributed by atoms with Crippen molar-refractivity contribution in [1.29, 1.82) is 0 Å². The first-order valence-electron chi connectivity index (χ1n) is 5.92. The number of rotatable bonds is 5. The predicted octanol–water partition coefficient (Wildman–Crippen LogP) is 2.18. The van der Waals surface area contributed by atoms with Crippen molar-refractivity contribution in [3.63, 3.8) is 0 Å². The molecule has 1 aromatic carbocycles. The van der Waals surface area contributed by atoms with Gasteiger partial charge in [-0.3, -0.25) is 10.2 Å². The zero-order chi connectivity index (χ0) is 14.4. The van der Waals surface area contributed by atoms with Crippen molar-refractivity contribution in [2.75, 3.05) is 5.43 Å². The van der Waals surface area contributed by atoms with E-state index in [-0.39, 0.29) is 11.5 Å². The van der Waals surface area contributed by atoms with Crippen molar-refractivity contribution < 1.29 is 9.21 Å². The lowest BCUT2D eigenvalue weighted by molar-refractivity contribution is 0.104. The van der Waals surface area contributed by atoms with Gasteiger partial charge >= 0.3 is 0 Å². The quantitative estimate of drug-likeness (QED) is 0.377. The van der Waals surface area contributed by atoms with E-state index in [2.05, 4.69) is 15.6 Å². The Morgan fingerprint density at radius 3 is 2.85 bits per heavy atom. The van der Waals surface area contributed by atoms with Gasteiger partial charge in [0.25, 0.3) is 0 Å². The molecule has 2 aromatic rings. The standard InChI is InChI=1S/C14H14N4O2/c1-10-4-2-5-11(8-10)17-18-12(9-16-15)14(19)13-6-3-7-20-13/h2-9,17H,15H2,1H3/b16-9+,18-12-. The molecule has 102 valence electrons. The highest BCUT2D eigenvalue weighted by Gasteiger charge is 2.15. The van der Waals surface area contributed by atoms with E-state index in [9.17, 15) is 4.79 Å². The molecule has 3 N–H and O–H groups in total. The maximum absolute atomic E-state index is 12.1. The van der Waals surface area contributed by atoms with Crippen LogP contribution in [-0.4, -0.2) is 17.7 Å². The normalized spacial score (nSPS) is 11.8. The zero-order valence-electron chi connectivity index (χ0n) is 10.9. The summed E-state index contributed by atoms with van der Waals surface area (Å²) in [7, 11) is 0. The Hall–Kier alpha value is -2.89. The van der Waals surface area contributed by atoms with Crippen LogP contribution in [0.15, 0.2) is 57.3 Å². The third kappa shape index (κ3) is 3.32. The van der Waals surface area contributed by atoms with Gasteiger partial charge in [-0.1, -0.05) is 12.1 Å². The molecule has 0 unspecified atom stereocenters. The van der Waals surface area contributed by atoms with Gasteiger partial charge in [0.1, 0.15) is 0 Å². The lowest BCUT2D eigenvalue weighted by Crippen LogP contribution is -2.18. The van der Waals surface area contributed by atoms with Crippen molar-refractivity contribution in [3.8, 4) is 0 Å². The van der Waals surface area contributed by atoms with Crippen LogP contribution in [-0.2, 0) is 0 Å². The van der Waals surface area contributed by atoms with Crippen LogP contribution in [0.3, 0.4) is 0 Å². The van der Waals surface area contributed by atoms with Gasteiger partial charge in [-0.2, -0.15) is 10.2 Å². The van der Waals surface area contributed by atoms with Crippen LogP contribution in [0.5, 0.6) is 0 Å². The van der Waals surface area contributed by atoms with Crippen LogP contribution in [0.1, 0.15) is 16.1 Å². The van der Waals surface area contributed by atoms with Crippen LogP contribution < -0.4 is 11.3 Å². The number of carbonyl (C=O) groups excluding carboxylic acids is 1. The number of anilines is 1. The highest BCUT2D eigenvalue weighted by atomic mass is 16.3. The molecule has 0 saturated carbocycles. The second-order valence-corrected chi connectivity index (χ2v) is 4.06. The molecule has 0 atom stereocenters. The lowest BCUT2D eigenvalue weighted by Gasteiger charge is -2.03. The number of benzene rings is 1. The summed E-state index contributed by atoms with van der Waals surface area (Å²) >= 11 is 0. The minimum absolute atomic E-state index is 0.0592. The summed E-state index contributed by atoms with van der Waals surface area (Å²) in [4.78, 5) is 12.1. The van der Waals surface area contributed by atoms with Gasteiger partial charge in [0.05, 0.1) is 18.2 Å². The predicted molar refractivity (Wildman–Crippen MR) is 78.0 cm³/mol. The van der Waals surface area contributed by atoms with Gasteiger partial charge in [-0.25, -0.2) is 0 Å². The van der Waals surface area contributed by atoms with E-state index in [0.717, 1.165) is 11.3 Å². The number of carbonyl (C=O) groups is 1. The molecule has 20 heavy (non-hydrogen) atoms. The van der Waals surface area contributed by atoms with Crippen molar-refractivity contribution in [3.05, 3.63) is 54.0 Å². The minimum atomic E-state index is -0.399. The summed E-state index contributed by atoms with van der Waals surface area (Å²) < 4.78 is 5.03. The minimum Gasteiger partial charge on any atom is -0.461 e. The summed E-state index contributed by atoms with van der Waals surface area (Å²) in [6.07, 6.45) is 2.59. The van der Waals surface area contributed by atoms with E-state index in [1.54, 1.807) is 12.1 Å². The van der Waals surface area contributed by atoms with Crippen LogP contribution in [0.2, 0.25) is 0 Å². The summed E-state index contributed by atoms with van der Waals surface area (Å²) in [5.41, 5.74) is 4.70. The molecule has 6 nitrogen and oxygen atoms in total. The average Bonchev–Trinajstić information content (AvgIpc) is 2.97. The molecule has 1 heterocycles. The fraction of sp³-hybridized carbons (Fsp3) is 0.0714. The highest BCUT2D eigenvalue weighted by Crippen LogP contribution is 2.10. The molecule has 1 aromatic heterocycles. The third-order valence-electron chi connectivity index (χ3n) is 2.50. The fourth-order valence-corrected chi connectivity index (χ4v) is 1.58. The highest BCUT2D eigenvalue weighted by molar-refractivity contribution is 6.64. The number of aryl methyl sites for hydroxylation is 1. The van der Waals surface area contributed by atoms with Crippen LogP contribution in [0.4, 0.5) is 5.69 Å². The number of nitrogens with two attached hydrogens (primary N) is 1. The van der Waals surface area contributed by atoms with E-state index < -0.39 is 5.78 Å². The Labute approximate surface area is 116 Å². The van der Waals surface area contributed by atoms with Crippen molar-refractivity contribution in [1.82, 2.24) is 0 Å². The first-order chi connectivity index (χ1) is 9.70. The molecule has 0 radical (unpaired) electrons. The lowest BCUT2D eigenvalue weighted by atomic mass is 10.2. The molecule has 0 bridgehead atoms. The number of nitrogens with zero attached hydrogens (tertiary/aromatic N) is 2. The van der Waals surface area contributed by atoms with Crippen LogP contribution in [0, 0.1) is 6.92 Å².